The summed E-state index contributed by atoms with van der Waals surface area (Å²) in [5, 5.41) is 3.06. The van der Waals surface area contributed by atoms with Gasteiger partial charge < -0.3 is 19.7 Å². The third kappa shape index (κ3) is 6.25. The van der Waals surface area contributed by atoms with Gasteiger partial charge in [0.15, 0.2) is 0 Å². The highest BCUT2D eigenvalue weighted by Gasteiger charge is 2.47. The van der Waals surface area contributed by atoms with Crippen LogP contribution in [0.1, 0.15) is 62.5 Å². The van der Waals surface area contributed by atoms with Crippen LogP contribution >= 0.6 is 0 Å². The minimum Gasteiger partial charge on any atom is -0.441 e. The van der Waals surface area contributed by atoms with Gasteiger partial charge in [-0.05, 0) is 69.1 Å². The van der Waals surface area contributed by atoms with Crippen molar-refractivity contribution in [2.24, 2.45) is 11.8 Å². The Morgan fingerprint density at radius 2 is 1.81 bits per heavy atom. The van der Waals surface area contributed by atoms with E-state index in [1.807, 2.05) is 9.80 Å². The van der Waals surface area contributed by atoms with Gasteiger partial charge in [0.05, 0.1) is 12.6 Å². The van der Waals surface area contributed by atoms with Crippen molar-refractivity contribution >= 4 is 12.0 Å². The average Bonchev–Trinajstić information content (AvgIpc) is 3.49. The molecule has 3 saturated heterocycles. The fourth-order valence-corrected chi connectivity index (χ4v) is 6.40. The van der Waals surface area contributed by atoms with E-state index < -0.39 is 17.2 Å². The number of benzene rings is 1. The molecule has 1 aromatic carbocycles. The van der Waals surface area contributed by atoms with Crippen molar-refractivity contribution in [2.75, 3.05) is 39.3 Å². The molecule has 3 aliphatic heterocycles. The van der Waals surface area contributed by atoms with Crippen molar-refractivity contribution in [3.05, 3.63) is 34.9 Å². The number of nitrogens with one attached hydrogen (secondary N) is 1. The third-order valence-corrected chi connectivity index (χ3v) is 8.70. The van der Waals surface area contributed by atoms with E-state index in [2.05, 4.69) is 5.32 Å². The van der Waals surface area contributed by atoms with Crippen LogP contribution in [-0.4, -0.2) is 72.8 Å². The molecule has 0 aromatic heterocycles. The third-order valence-electron chi connectivity index (χ3n) is 8.70. The maximum Gasteiger partial charge on any atom is 0.410 e. The number of hydrogen-bond acceptors (Lipinski definition) is 5. The molecule has 1 unspecified atom stereocenters. The molecule has 1 saturated carbocycles. The molecule has 0 radical (unpaired) electrons. The average molecular weight is 520 g/mol. The van der Waals surface area contributed by atoms with Gasteiger partial charge in [0, 0.05) is 63.7 Å². The van der Waals surface area contributed by atoms with Gasteiger partial charge in [0.25, 0.3) is 0 Å². The van der Waals surface area contributed by atoms with Crippen LogP contribution in [0.4, 0.5) is 13.6 Å². The number of halogens is 2. The maximum absolute atomic E-state index is 14.3. The zero-order valence-electron chi connectivity index (χ0n) is 21.8. The number of ether oxygens (including phenoxy) is 2. The summed E-state index contributed by atoms with van der Waals surface area (Å²) in [7, 11) is 0. The quantitative estimate of drug-likeness (QED) is 0.586. The minimum absolute atomic E-state index is 0.0436. The molecule has 4 fully saturated rings. The number of carbonyl (C=O) groups excluding carboxylic acids is 2. The van der Waals surface area contributed by atoms with Crippen molar-refractivity contribution in [1.82, 2.24) is 15.1 Å². The summed E-state index contributed by atoms with van der Waals surface area (Å²) in [6, 6.07) is 2.73. The Labute approximate surface area is 217 Å². The number of aryl methyl sites for hydroxylation is 1. The summed E-state index contributed by atoms with van der Waals surface area (Å²) < 4.78 is 40.0. The second-order valence-corrected chi connectivity index (χ2v) is 11.5. The second kappa shape index (κ2) is 11.2. The molecule has 1 spiro atoms. The minimum atomic E-state index is -0.517. The Bertz CT molecular complexity index is 961. The number of rotatable bonds is 7. The number of piperidine rings is 1. The highest BCUT2D eigenvalue weighted by atomic mass is 19.1. The number of likely N-dealkylation sites (tertiary alicyclic amines) is 1. The first-order valence-electron chi connectivity index (χ1n) is 13.8. The van der Waals surface area contributed by atoms with Crippen LogP contribution < -0.4 is 5.32 Å². The van der Waals surface area contributed by atoms with Gasteiger partial charge in [-0.1, -0.05) is 0 Å². The molecule has 4 aliphatic rings. The van der Waals surface area contributed by atoms with E-state index in [4.69, 9.17) is 9.47 Å². The van der Waals surface area contributed by atoms with Crippen LogP contribution in [0.15, 0.2) is 12.1 Å². The topological polar surface area (TPSA) is 71.1 Å². The van der Waals surface area contributed by atoms with Gasteiger partial charge in [-0.2, -0.15) is 0 Å². The molecule has 5 rings (SSSR count). The molecule has 1 aromatic rings. The van der Waals surface area contributed by atoms with E-state index in [0.717, 1.165) is 45.1 Å². The molecule has 2 amide bonds. The normalized spacial score (nSPS) is 28.0. The number of carbonyl (C=O) groups is 2. The predicted molar refractivity (Wildman–Crippen MR) is 134 cm³/mol. The molecular weight excluding hydrogens is 480 g/mol. The van der Waals surface area contributed by atoms with Crippen molar-refractivity contribution in [1.29, 1.82) is 0 Å². The lowest BCUT2D eigenvalue weighted by Crippen LogP contribution is -2.47. The summed E-state index contributed by atoms with van der Waals surface area (Å²) in [4.78, 5) is 29.1. The molecule has 1 aliphatic carbocycles. The van der Waals surface area contributed by atoms with Crippen LogP contribution in [0, 0.1) is 30.4 Å². The van der Waals surface area contributed by atoms with E-state index >= 15 is 0 Å². The molecule has 7 nitrogen and oxygen atoms in total. The summed E-state index contributed by atoms with van der Waals surface area (Å²) in [5.74, 6) is -0.470. The van der Waals surface area contributed by atoms with Gasteiger partial charge in [0.2, 0.25) is 5.91 Å². The van der Waals surface area contributed by atoms with E-state index in [9.17, 15) is 18.4 Å². The van der Waals surface area contributed by atoms with Crippen molar-refractivity contribution in [2.45, 2.75) is 76.5 Å². The first kappa shape index (κ1) is 26.4. The summed E-state index contributed by atoms with van der Waals surface area (Å²) in [6.07, 6.45) is 6.83. The molecular formula is C28H39F2N3O4. The Balaban J connectivity index is 1.05. The molecule has 1 N–H and O–H groups in total. The standard InChI is InChI=1S/C28H39F2N3O4/c1-19-13-24(29)23(25(30)14-19)17-32-10-8-28(9-11-32)18-33(27(35)37-28)16-20-4-6-21(7-5-20)26(34)31-15-22-3-2-12-36-22/h13-14,20-22H,2-12,15-18H2,1H3,(H,31,34). The van der Waals surface area contributed by atoms with Crippen LogP contribution in [-0.2, 0) is 20.8 Å². The van der Waals surface area contributed by atoms with E-state index in [1.54, 1.807) is 6.92 Å². The van der Waals surface area contributed by atoms with E-state index in [1.165, 1.54) is 12.1 Å². The van der Waals surface area contributed by atoms with Crippen LogP contribution in [0.2, 0.25) is 0 Å². The Morgan fingerprint density at radius 1 is 1.11 bits per heavy atom. The van der Waals surface area contributed by atoms with Gasteiger partial charge in [-0.3, -0.25) is 9.69 Å². The molecule has 0 bridgehead atoms. The molecule has 1 atom stereocenters. The number of nitrogens with zero attached hydrogens (tertiary/aromatic N) is 2. The number of amides is 2. The highest BCUT2D eigenvalue weighted by molar-refractivity contribution is 5.78. The largest absolute Gasteiger partial charge is 0.441 e. The van der Waals surface area contributed by atoms with Gasteiger partial charge in [0.1, 0.15) is 17.2 Å². The zero-order chi connectivity index (χ0) is 26.0. The van der Waals surface area contributed by atoms with Crippen LogP contribution in [0.3, 0.4) is 0 Å². The Morgan fingerprint density at radius 3 is 2.46 bits per heavy atom. The van der Waals surface area contributed by atoms with Gasteiger partial charge in [-0.25, -0.2) is 13.6 Å². The lowest BCUT2D eigenvalue weighted by atomic mass is 9.81. The van der Waals surface area contributed by atoms with E-state index in [-0.39, 0.29) is 36.1 Å². The lowest BCUT2D eigenvalue weighted by Gasteiger charge is -2.37. The number of hydrogen-bond donors (Lipinski definition) is 1. The molecule has 37 heavy (non-hydrogen) atoms. The summed E-state index contributed by atoms with van der Waals surface area (Å²) in [5.41, 5.74) is 0.153. The second-order valence-electron chi connectivity index (χ2n) is 11.5. The monoisotopic (exact) mass is 519 g/mol. The first-order valence-corrected chi connectivity index (χ1v) is 13.8. The molecule has 9 heteroatoms. The summed E-state index contributed by atoms with van der Waals surface area (Å²) >= 11 is 0. The molecule has 204 valence electrons. The van der Waals surface area contributed by atoms with Crippen molar-refractivity contribution < 1.29 is 27.8 Å². The fraction of sp³-hybridized carbons (Fsp3) is 0.714. The smallest absolute Gasteiger partial charge is 0.410 e. The predicted octanol–water partition coefficient (Wildman–Crippen LogP) is 4.16. The Hall–Kier alpha value is -2.26. The van der Waals surface area contributed by atoms with Crippen molar-refractivity contribution in [3.8, 4) is 0 Å². The van der Waals surface area contributed by atoms with Gasteiger partial charge >= 0.3 is 6.09 Å². The maximum atomic E-state index is 14.3. The zero-order valence-corrected chi connectivity index (χ0v) is 21.8. The van der Waals surface area contributed by atoms with Crippen LogP contribution in [0.5, 0.6) is 0 Å². The molecule has 3 heterocycles. The van der Waals surface area contributed by atoms with E-state index in [0.29, 0.717) is 57.0 Å². The van der Waals surface area contributed by atoms with Crippen LogP contribution in [0.25, 0.3) is 0 Å². The highest BCUT2D eigenvalue weighted by Crippen LogP contribution is 2.36. The fourth-order valence-electron chi connectivity index (χ4n) is 6.40. The first-order chi connectivity index (χ1) is 17.8. The Kier molecular flexibility index (Phi) is 8.00. The summed E-state index contributed by atoms with van der Waals surface area (Å²) in [6.45, 7) is 5.76. The lowest BCUT2D eigenvalue weighted by molar-refractivity contribution is -0.126. The SMILES string of the molecule is Cc1cc(F)c(CN2CCC3(CC2)CN(CC2CCC(C(=O)NCC4CCCO4)CC2)C(=O)O3)c(F)c1. The van der Waals surface area contributed by atoms with Gasteiger partial charge in [-0.15, -0.1) is 0 Å². The van der Waals surface area contributed by atoms with Crippen molar-refractivity contribution in [3.63, 3.8) is 0 Å².